The average Bonchev–Trinajstić information content (AvgIpc) is 3.17. The van der Waals surface area contributed by atoms with Gasteiger partial charge in [-0.15, -0.1) is 0 Å². The Balaban J connectivity index is 0.000000214. The van der Waals surface area contributed by atoms with Crippen LogP contribution in [0.4, 0.5) is 24.5 Å². The zero-order valence-electron chi connectivity index (χ0n) is 32.8. The molecule has 0 bridgehead atoms. The summed E-state index contributed by atoms with van der Waals surface area (Å²) in [5, 5.41) is 6.23. The van der Waals surface area contributed by atoms with Gasteiger partial charge in [-0.3, -0.25) is 9.59 Å². The fraction of sp³-hybridized carbons (Fsp3) is 0.395. The molecule has 0 saturated heterocycles. The molecule has 0 aliphatic carbocycles. The molecule has 4 aromatic rings. The van der Waals surface area contributed by atoms with Crippen LogP contribution < -0.4 is 24.8 Å². The molecule has 0 aromatic heterocycles. The Kier molecular flexibility index (Phi) is 14.3. The highest BCUT2D eigenvalue weighted by atomic mass is 35.5. The molecule has 13 heteroatoms. The lowest BCUT2D eigenvalue weighted by atomic mass is 9.97. The van der Waals surface area contributed by atoms with Crippen LogP contribution >= 0.6 is 11.6 Å². The number of hydrogen-bond acceptors (Lipinski definition) is 7. The summed E-state index contributed by atoms with van der Waals surface area (Å²) in [5.41, 5.74) is 5.60. The molecular formula is C43H50ClF3N4O5. The number of ether oxygens (including phenoxy) is 3. The van der Waals surface area contributed by atoms with Gasteiger partial charge in [0, 0.05) is 43.6 Å². The molecule has 6 rings (SSSR count). The number of alkyl halides is 3. The van der Waals surface area contributed by atoms with Crippen LogP contribution in [0.25, 0.3) is 0 Å². The number of nitrogens with one attached hydrogen (secondary N) is 2. The number of fused-ring (bicyclic) bond motifs is 2. The predicted molar refractivity (Wildman–Crippen MR) is 215 cm³/mol. The van der Waals surface area contributed by atoms with Crippen molar-refractivity contribution >= 4 is 34.8 Å². The molecule has 0 atom stereocenters. The third-order valence-electron chi connectivity index (χ3n) is 10.0. The van der Waals surface area contributed by atoms with Crippen LogP contribution in [0, 0.1) is 0 Å². The number of anilines is 2. The Hall–Kier alpha value is -4.78. The first-order chi connectivity index (χ1) is 26.8. The van der Waals surface area contributed by atoms with E-state index in [0.29, 0.717) is 34.4 Å². The number of likely N-dealkylation sites (N-methyl/N-ethyl adjacent to an activating group) is 2. The number of aryl methyl sites for hydroxylation is 1. The Labute approximate surface area is 332 Å². The lowest BCUT2D eigenvalue weighted by molar-refractivity contribution is -0.138. The van der Waals surface area contributed by atoms with Crippen molar-refractivity contribution in [3.05, 3.63) is 110 Å². The van der Waals surface area contributed by atoms with Gasteiger partial charge >= 0.3 is 6.18 Å². The van der Waals surface area contributed by atoms with Gasteiger partial charge < -0.3 is 34.6 Å². The zero-order valence-corrected chi connectivity index (χ0v) is 33.5. The van der Waals surface area contributed by atoms with Crippen LogP contribution in [0.3, 0.4) is 0 Å². The number of hydrogen-bond donors (Lipinski definition) is 2. The minimum atomic E-state index is -4.54. The van der Waals surface area contributed by atoms with Crippen LogP contribution in [0.5, 0.6) is 17.2 Å². The molecule has 0 saturated carbocycles. The number of amides is 2. The standard InChI is InChI=1S/C22H27ClN2O3.C21H23F3N2O2/c1-4-5-11-28-21-13-20(27-3)17(12-18(21)23)22(26)24-19-8-6-7-15-14-25(2)10-9-16(15)19;1-4-13-10-19(28-3)16(11-17(13)21(22,23)24)20(27)25-18-7-5-6-14-12-26(2)9-8-15(14)18/h6-8,12-13H,4-5,9-11,14H2,1-3H3,(H,24,26);5-7,10-11H,4,8-9,12H2,1-3H3,(H,25,27). The van der Waals surface area contributed by atoms with E-state index in [9.17, 15) is 22.8 Å². The van der Waals surface area contributed by atoms with Crippen molar-refractivity contribution in [1.82, 2.24) is 9.80 Å². The second-order valence-corrected chi connectivity index (χ2v) is 14.4. The van der Waals surface area contributed by atoms with Crippen LogP contribution in [0.15, 0.2) is 60.7 Å². The largest absolute Gasteiger partial charge is 0.496 e. The Morgan fingerprint density at radius 1 is 0.768 bits per heavy atom. The van der Waals surface area contributed by atoms with Crippen molar-refractivity contribution in [1.29, 1.82) is 0 Å². The number of carbonyl (C=O) groups excluding carboxylic acids is 2. The monoisotopic (exact) mass is 794 g/mol. The molecule has 0 spiro atoms. The maximum absolute atomic E-state index is 13.4. The third-order valence-corrected chi connectivity index (χ3v) is 10.3. The van der Waals surface area contributed by atoms with E-state index >= 15 is 0 Å². The molecule has 2 N–H and O–H groups in total. The first kappa shape index (κ1) is 42.4. The predicted octanol–water partition coefficient (Wildman–Crippen LogP) is 9.28. The van der Waals surface area contributed by atoms with E-state index < -0.39 is 17.6 Å². The summed E-state index contributed by atoms with van der Waals surface area (Å²) in [4.78, 5) is 30.3. The summed E-state index contributed by atoms with van der Waals surface area (Å²) >= 11 is 6.35. The minimum Gasteiger partial charge on any atom is -0.496 e. The normalized spacial score (nSPS) is 14.1. The van der Waals surface area contributed by atoms with Gasteiger partial charge in [-0.1, -0.05) is 56.1 Å². The van der Waals surface area contributed by atoms with Gasteiger partial charge in [-0.05, 0) is 97.9 Å². The van der Waals surface area contributed by atoms with Crippen LogP contribution in [-0.2, 0) is 38.5 Å². The van der Waals surface area contributed by atoms with Crippen molar-refractivity contribution in [2.24, 2.45) is 0 Å². The zero-order chi connectivity index (χ0) is 40.6. The summed E-state index contributed by atoms with van der Waals surface area (Å²) in [6, 6.07) is 17.1. The van der Waals surface area contributed by atoms with Crippen molar-refractivity contribution in [3.63, 3.8) is 0 Å². The number of rotatable bonds is 11. The number of nitrogens with zero attached hydrogens (tertiary/aromatic N) is 2. The maximum Gasteiger partial charge on any atom is 0.416 e. The quantitative estimate of drug-likeness (QED) is 0.146. The van der Waals surface area contributed by atoms with Crippen LogP contribution in [0.2, 0.25) is 5.02 Å². The molecular weight excluding hydrogens is 745 g/mol. The number of halogens is 4. The molecule has 0 radical (unpaired) electrons. The molecule has 2 aliphatic heterocycles. The Bertz CT molecular complexity index is 2040. The summed E-state index contributed by atoms with van der Waals surface area (Å²) in [6.07, 6.45) is -0.704. The first-order valence-electron chi connectivity index (χ1n) is 18.8. The van der Waals surface area contributed by atoms with Crippen molar-refractivity contribution in [2.45, 2.75) is 65.2 Å². The van der Waals surface area contributed by atoms with Gasteiger partial charge in [0.05, 0.1) is 42.5 Å². The van der Waals surface area contributed by atoms with E-state index in [-0.39, 0.29) is 29.2 Å². The molecule has 2 amide bonds. The van der Waals surface area contributed by atoms with Gasteiger partial charge in [0.1, 0.15) is 17.2 Å². The van der Waals surface area contributed by atoms with Gasteiger partial charge in [-0.25, -0.2) is 0 Å². The smallest absolute Gasteiger partial charge is 0.416 e. The van der Waals surface area contributed by atoms with E-state index in [1.54, 1.807) is 25.1 Å². The SMILES string of the molecule is CCCCOc1cc(OC)c(C(=O)Nc2cccc3c2CCN(C)C3)cc1Cl.CCc1cc(OC)c(C(=O)Nc2cccc3c2CCN(C)C3)cc1C(F)(F)F. The number of methoxy groups -OCH3 is 2. The maximum atomic E-state index is 13.4. The Morgan fingerprint density at radius 2 is 1.29 bits per heavy atom. The van der Waals surface area contributed by atoms with E-state index in [1.807, 2.05) is 31.3 Å². The lowest BCUT2D eigenvalue weighted by Crippen LogP contribution is -2.27. The number of carbonyl (C=O) groups is 2. The Morgan fingerprint density at radius 3 is 1.77 bits per heavy atom. The molecule has 0 fully saturated rings. The third kappa shape index (κ3) is 10.1. The van der Waals surface area contributed by atoms with E-state index in [2.05, 4.69) is 40.5 Å². The van der Waals surface area contributed by atoms with Crippen LogP contribution in [-0.4, -0.2) is 69.6 Å². The highest BCUT2D eigenvalue weighted by Gasteiger charge is 2.35. The summed E-state index contributed by atoms with van der Waals surface area (Å²) < 4.78 is 56.6. The second-order valence-electron chi connectivity index (χ2n) is 14.0. The fourth-order valence-corrected chi connectivity index (χ4v) is 7.18. The van der Waals surface area contributed by atoms with Gasteiger partial charge in [-0.2, -0.15) is 13.2 Å². The summed E-state index contributed by atoms with van der Waals surface area (Å²) in [6.45, 7) is 7.79. The summed E-state index contributed by atoms with van der Waals surface area (Å²) in [7, 11) is 7.01. The van der Waals surface area contributed by atoms with Crippen molar-refractivity contribution in [2.75, 3.05) is 58.6 Å². The fourth-order valence-electron chi connectivity index (χ4n) is 6.96. The minimum absolute atomic E-state index is 0.0982. The molecule has 0 unspecified atom stereocenters. The molecule has 2 heterocycles. The van der Waals surface area contributed by atoms with Crippen LogP contribution in [0.1, 0.15) is 80.8 Å². The lowest BCUT2D eigenvalue weighted by Gasteiger charge is -2.27. The van der Waals surface area contributed by atoms with Crippen molar-refractivity contribution < 1.29 is 37.0 Å². The molecule has 300 valence electrons. The first-order valence-corrected chi connectivity index (χ1v) is 19.1. The number of benzene rings is 4. The number of unbranched alkanes of at least 4 members (excludes halogenated alkanes) is 1. The van der Waals surface area contributed by atoms with Crippen molar-refractivity contribution in [3.8, 4) is 17.2 Å². The molecule has 2 aliphatic rings. The highest BCUT2D eigenvalue weighted by molar-refractivity contribution is 6.32. The topological polar surface area (TPSA) is 92.4 Å². The molecule has 9 nitrogen and oxygen atoms in total. The summed E-state index contributed by atoms with van der Waals surface area (Å²) in [5.74, 6) is 0.247. The van der Waals surface area contributed by atoms with Gasteiger partial charge in [0.15, 0.2) is 0 Å². The molecule has 56 heavy (non-hydrogen) atoms. The molecule has 4 aromatic carbocycles. The van der Waals surface area contributed by atoms with E-state index in [4.69, 9.17) is 25.8 Å². The van der Waals surface area contributed by atoms with E-state index in [1.165, 1.54) is 31.4 Å². The second kappa shape index (κ2) is 18.9. The average molecular weight is 795 g/mol. The van der Waals surface area contributed by atoms with Gasteiger partial charge in [0.2, 0.25) is 0 Å². The highest BCUT2D eigenvalue weighted by Crippen LogP contribution is 2.37. The van der Waals surface area contributed by atoms with Gasteiger partial charge in [0.25, 0.3) is 11.8 Å². The van der Waals surface area contributed by atoms with E-state index in [0.717, 1.165) is 74.7 Å².